The number of carboxylic acid groups (broad SMARTS) is 1. The highest BCUT2D eigenvalue weighted by Gasteiger charge is 2.27. The summed E-state index contributed by atoms with van der Waals surface area (Å²) in [7, 11) is -0.250. The lowest BCUT2D eigenvalue weighted by Crippen LogP contribution is -2.21. The van der Waals surface area contributed by atoms with E-state index in [0.29, 0.717) is 5.56 Å². The zero-order valence-electron chi connectivity index (χ0n) is 10.6. The second-order valence-corrected chi connectivity index (χ2v) is 5.54. The van der Waals surface area contributed by atoms with Crippen molar-refractivity contribution in [3.63, 3.8) is 0 Å². The van der Waals surface area contributed by atoms with Gasteiger partial charge in [-0.1, -0.05) is 30.3 Å². The Kier molecular flexibility index (Phi) is 6.21. The fourth-order valence-corrected chi connectivity index (χ4v) is 3.05. The van der Waals surface area contributed by atoms with Crippen molar-refractivity contribution in [3.05, 3.63) is 35.9 Å². The third-order valence-electron chi connectivity index (χ3n) is 2.52. The molecule has 1 aromatic carbocycles. The predicted octanol–water partition coefficient (Wildman–Crippen LogP) is 1.51. The predicted molar refractivity (Wildman–Crippen MR) is 71.1 cm³/mol. The minimum atomic E-state index is -1.49. The molecule has 0 saturated carbocycles. The molecule has 1 N–H and O–H groups in total. The summed E-state index contributed by atoms with van der Waals surface area (Å²) < 4.78 is 16.8. The smallest absolute Gasteiger partial charge is 0.326 e. The largest absolute Gasteiger partial charge is 0.481 e. The number of carbonyl (C=O) groups excluding carboxylic acids is 1. The number of carboxylic acids is 1. The molecule has 6 heteroatoms. The summed E-state index contributed by atoms with van der Waals surface area (Å²) in [4.78, 5) is 22.1. The van der Waals surface area contributed by atoms with Crippen LogP contribution in [0, 0.1) is 0 Å². The topological polar surface area (TPSA) is 80.7 Å². The van der Waals surface area contributed by atoms with Gasteiger partial charge in [0.15, 0.2) is 5.25 Å². The second kappa shape index (κ2) is 7.68. The lowest BCUT2D eigenvalue weighted by Gasteiger charge is -2.14. The Bertz CT molecular complexity index is 457. The quantitative estimate of drug-likeness (QED) is 0.768. The summed E-state index contributed by atoms with van der Waals surface area (Å²) in [6, 6.07) is 8.71. The molecular weight excluding hydrogens is 268 g/mol. The first-order valence-electron chi connectivity index (χ1n) is 5.78. The number of hydrogen-bond acceptors (Lipinski definition) is 4. The zero-order chi connectivity index (χ0) is 14.3. The van der Waals surface area contributed by atoms with Crippen LogP contribution in [-0.4, -0.2) is 34.1 Å². The number of esters is 1. The van der Waals surface area contributed by atoms with E-state index in [1.165, 1.54) is 7.11 Å². The van der Waals surface area contributed by atoms with Crippen LogP contribution in [0.5, 0.6) is 0 Å². The van der Waals surface area contributed by atoms with Gasteiger partial charge in [-0.3, -0.25) is 13.8 Å². The normalized spacial score (nSPS) is 13.5. The number of ether oxygens (including phenoxy) is 1. The molecule has 0 fully saturated rings. The number of aliphatic carboxylic acids is 1. The third kappa shape index (κ3) is 4.82. The van der Waals surface area contributed by atoms with Crippen molar-refractivity contribution in [2.24, 2.45) is 0 Å². The molecule has 104 valence electrons. The van der Waals surface area contributed by atoms with Crippen molar-refractivity contribution >= 4 is 22.7 Å². The first-order chi connectivity index (χ1) is 9.06. The van der Waals surface area contributed by atoms with Gasteiger partial charge < -0.3 is 9.84 Å². The zero-order valence-corrected chi connectivity index (χ0v) is 11.4. The van der Waals surface area contributed by atoms with Gasteiger partial charge in [-0.25, -0.2) is 0 Å². The number of carbonyl (C=O) groups is 2. The molecule has 19 heavy (non-hydrogen) atoms. The molecule has 1 rings (SSSR count). The molecular formula is C13H16O5S. The third-order valence-corrected chi connectivity index (χ3v) is 4.20. The SMILES string of the molecule is COC(=O)C(c1ccccc1)S(=O)CCCC(=O)O. The molecule has 5 nitrogen and oxygen atoms in total. The Hall–Kier alpha value is -1.69. The summed E-state index contributed by atoms with van der Waals surface area (Å²) in [5.41, 5.74) is 0.614. The molecule has 0 heterocycles. The van der Waals surface area contributed by atoms with Crippen LogP contribution in [0.2, 0.25) is 0 Å². The van der Waals surface area contributed by atoms with Crippen molar-refractivity contribution in [2.45, 2.75) is 18.1 Å². The fourth-order valence-electron chi connectivity index (χ4n) is 1.61. The standard InChI is InChI=1S/C13H16O5S/c1-18-13(16)12(10-6-3-2-4-7-10)19(17)9-5-8-11(14)15/h2-4,6-7,12H,5,8-9H2,1H3,(H,14,15). The molecule has 0 amide bonds. The van der Waals surface area contributed by atoms with Crippen LogP contribution in [0.1, 0.15) is 23.7 Å². The molecule has 0 aliphatic carbocycles. The maximum absolute atomic E-state index is 12.1. The number of rotatable bonds is 7. The first-order valence-corrected chi connectivity index (χ1v) is 7.16. The van der Waals surface area contributed by atoms with Gasteiger partial charge in [-0.2, -0.15) is 0 Å². The average Bonchev–Trinajstić information content (AvgIpc) is 2.39. The molecule has 2 unspecified atom stereocenters. The van der Waals surface area contributed by atoms with E-state index in [1.54, 1.807) is 30.3 Å². The maximum atomic E-state index is 12.1. The number of methoxy groups -OCH3 is 1. The van der Waals surface area contributed by atoms with Gasteiger partial charge in [0, 0.05) is 23.0 Å². The molecule has 2 atom stereocenters. The van der Waals surface area contributed by atoms with E-state index in [1.807, 2.05) is 0 Å². The van der Waals surface area contributed by atoms with Crippen molar-refractivity contribution in [2.75, 3.05) is 12.9 Å². The summed E-state index contributed by atoms with van der Waals surface area (Å²) in [5.74, 6) is -1.35. The Morgan fingerprint density at radius 3 is 2.47 bits per heavy atom. The molecule has 0 spiro atoms. The Balaban J connectivity index is 2.78. The molecule has 1 aromatic rings. The fraction of sp³-hybridized carbons (Fsp3) is 0.385. The highest BCUT2D eigenvalue weighted by atomic mass is 32.2. The van der Waals surface area contributed by atoms with Crippen molar-refractivity contribution in [1.82, 2.24) is 0 Å². The van der Waals surface area contributed by atoms with E-state index in [0.717, 1.165) is 0 Å². The molecule has 0 aliphatic heterocycles. The summed E-state index contributed by atoms with van der Waals surface area (Å²) in [6.07, 6.45) is 0.205. The van der Waals surface area contributed by atoms with Gasteiger partial charge in [0.1, 0.15) is 0 Å². The molecule has 0 aromatic heterocycles. The van der Waals surface area contributed by atoms with Crippen LogP contribution in [0.3, 0.4) is 0 Å². The lowest BCUT2D eigenvalue weighted by molar-refractivity contribution is -0.140. The summed E-state index contributed by atoms with van der Waals surface area (Å²) in [6.45, 7) is 0. The minimum absolute atomic E-state index is 0.0611. The monoisotopic (exact) mass is 284 g/mol. The van der Waals surface area contributed by atoms with Gasteiger partial charge >= 0.3 is 11.9 Å². The van der Waals surface area contributed by atoms with Crippen LogP contribution in [0.15, 0.2) is 30.3 Å². The number of benzene rings is 1. The highest BCUT2D eigenvalue weighted by Crippen LogP contribution is 2.22. The first kappa shape index (κ1) is 15.4. The van der Waals surface area contributed by atoms with Crippen molar-refractivity contribution < 1.29 is 23.6 Å². The van der Waals surface area contributed by atoms with E-state index in [-0.39, 0.29) is 18.6 Å². The van der Waals surface area contributed by atoms with E-state index in [4.69, 9.17) is 5.11 Å². The summed E-state index contributed by atoms with van der Waals surface area (Å²) >= 11 is 0. The van der Waals surface area contributed by atoms with Crippen molar-refractivity contribution in [1.29, 1.82) is 0 Å². The molecule has 0 radical (unpaired) electrons. The average molecular weight is 284 g/mol. The second-order valence-electron chi connectivity index (χ2n) is 3.90. The highest BCUT2D eigenvalue weighted by molar-refractivity contribution is 7.86. The van der Waals surface area contributed by atoms with Crippen LogP contribution < -0.4 is 0 Å². The Morgan fingerprint density at radius 2 is 1.95 bits per heavy atom. The molecule has 0 bridgehead atoms. The van der Waals surface area contributed by atoms with Gasteiger partial charge in [-0.15, -0.1) is 0 Å². The van der Waals surface area contributed by atoms with Gasteiger partial charge in [0.05, 0.1) is 7.11 Å². The van der Waals surface area contributed by atoms with Gasteiger partial charge in [0.25, 0.3) is 0 Å². The van der Waals surface area contributed by atoms with Crippen LogP contribution >= 0.6 is 0 Å². The van der Waals surface area contributed by atoms with Crippen LogP contribution in [-0.2, 0) is 25.1 Å². The van der Waals surface area contributed by atoms with E-state index in [9.17, 15) is 13.8 Å². The number of hydrogen-bond donors (Lipinski definition) is 1. The van der Waals surface area contributed by atoms with Gasteiger partial charge in [-0.05, 0) is 12.0 Å². The maximum Gasteiger partial charge on any atom is 0.326 e. The molecule has 0 saturated heterocycles. The lowest BCUT2D eigenvalue weighted by atomic mass is 10.1. The van der Waals surface area contributed by atoms with Crippen molar-refractivity contribution in [3.8, 4) is 0 Å². The molecule has 0 aliphatic rings. The Labute approximate surface area is 114 Å². The van der Waals surface area contributed by atoms with Crippen LogP contribution in [0.25, 0.3) is 0 Å². The van der Waals surface area contributed by atoms with E-state index in [2.05, 4.69) is 4.74 Å². The van der Waals surface area contributed by atoms with E-state index < -0.39 is 28.0 Å². The Morgan fingerprint density at radius 1 is 1.32 bits per heavy atom. The van der Waals surface area contributed by atoms with E-state index >= 15 is 0 Å². The summed E-state index contributed by atoms with van der Waals surface area (Å²) in [5, 5.41) is 7.69. The van der Waals surface area contributed by atoms with Gasteiger partial charge in [0.2, 0.25) is 0 Å². The van der Waals surface area contributed by atoms with Crippen LogP contribution in [0.4, 0.5) is 0 Å². The minimum Gasteiger partial charge on any atom is -0.481 e.